The van der Waals surface area contributed by atoms with Crippen molar-refractivity contribution in [3.05, 3.63) is 76.0 Å². The number of nitrogens with one attached hydrogen (secondary N) is 1. The molecule has 3 aromatic rings. The van der Waals surface area contributed by atoms with Crippen molar-refractivity contribution in [3.8, 4) is 0 Å². The smallest absolute Gasteiger partial charge is 0.261 e. The molecule has 5 rings (SSSR count). The van der Waals surface area contributed by atoms with E-state index in [1.807, 2.05) is 74.7 Å². The first-order chi connectivity index (χ1) is 17.1. The van der Waals surface area contributed by atoms with Gasteiger partial charge in [0.2, 0.25) is 0 Å². The fourth-order valence-corrected chi connectivity index (χ4v) is 9.00. The van der Waals surface area contributed by atoms with E-state index in [4.69, 9.17) is 4.74 Å². The van der Waals surface area contributed by atoms with E-state index < -0.39 is 13.9 Å². The lowest BCUT2D eigenvalue weighted by Gasteiger charge is -2.32. The number of aromatic nitrogens is 3. The van der Waals surface area contributed by atoms with Crippen LogP contribution < -0.4 is 5.32 Å². The normalized spacial score (nSPS) is 26.3. The Labute approximate surface area is 219 Å². The summed E-state index contributed by atoms with van der Waals surface area (Å²) in [6, 6.07) is 15.5. The first kappa shape index (κ1) is 25.3. The van der Waals surface area contributed by atoms with Gasteiger partial charge in [0, 0.05) is 39.9 Å². The van der Waals surface area contributed by atoms with E-state index >= 15 is 0 Å². The summed E-state index contributed by atoms with van der Waals surface area (Å²) in [4.78, 5) is 24.6. The molecule has 5 atom stereocenters. The van der Waals surface area contributed by atoms with Gasteiger partial charge in [0.15, 0.2) is 13.9 Å². The molecule has 3 heterocycles. The highest BCUT2D eigenvalue weighted by atomic mass is 79.9. The van der Waals surface area contributed by atoms with E-state index in [1.54, 1.807) is 4.68 Å². The first-order valence-electron chi connectivity index (χ1n) is 12.2. The maximum Gasteiger partial charge on any atom is 0.261 e. The number of aliphatic hydroxyl groups is 1. The molecule has 0 aliphatic carbocycles. The highest BCUT2D eigenvalue weighted by Crippen LogP contribution is 2.58. The Morgan fingerprint density at radius 2 is 2.00 bits per heavy atom. The number of fused-ring (bicyclic) bond motifs is 2. The lowest BCUT2D eigenvalue weighted by Crippen LogP contribution is -2.43. The summed E-state index contributed by atoms with van der Waals surface area (Å²) in [5.41, 5.74) is 1.96. The van der Waals surface area contributed by atoms with E-state index in [2.05, 4.69) is 31.6 Å². The number of benzene rings is 2. The van der Waals surface area contributed by atoms with Crippen molar-refractivity contribution in [1.29, 1.82) is 0 Å². The summed E-state index contributed by atoms with van der Waals surface area (Å²) in [7, 11) is -2.70. The average molecular weight is 572 g/mol. The quantitative estimate of drug-likeness (QED) is 0.370. The minimum absolute atomic E-state index is 0.0646. The lowest BCUT2D eigenvalue weighted by atomic mass is 9.82. The van der Waals surface area contributed by atoms with Crippen LogP contribution in [0.3, 0.4) is 0 Å². The minimum atomic E-state index is -2.70. The van der Waals surface area contributed by atoms with Crippen LogP contribution in [0.5, 0.6) is 0 Å². The molecule has 2 aromatic carbocycles. The van der Waals surface area contributed by atoms with Gasteiger partial charge in [0.1, 0.15) is 0 Å². The number of carbonyl (C=O) groups is 1. The molecule has 1 amide bonds. The number of amides is 1. The summed E-state index contributed by atoms with van der Waals surface area (Å²) < 4.78 is 9.29. The molecule has 10 heteroatoms. The van der Waals surface area contributed by atoms with Crippen LogP contribution in [0, 0.1) is 5.92 Å². The van der Waals surface area contributed by atoms with E-state index in [9.17, 15) is 14.7 Å². The molecule has 1 saturated heterocycles. The van der Waals surface area contributed by atoms with Gasteiger partial charge in [-0.1, -0.05) is 58.4 Å². The van der Waals surface area contributed by atoms with Crippen LogP contribution in [0.15, 0.2) is 59.2 Å². The topological polar surface area (TPSA) is 110 Å². The Balaban J connectivity index is 1.40. The van der Waals surface area contributed by atoms with E-state index in [-0.39, 0.29) is 36.0 Å². The van der Waals surface area contributed by atoms with Crippen molar-refractivity contribution in [2.24, 2.45) is 5.92 Å². The minimum Gasteiger partial charge on any atom is -0.432 e. The van der Waals surface area contributed by atoms with Gasteiger partial charge in [-0.05, 0) is 43.3 Å². The SMILES string of the molecule is C[C@H]1[C@H]([Si](C)(C)O)[C@@H](CCn2cc(C(CO)c3ccccc3)nn2)O[C@]12C(=O)Nc1ccc(Br)cc12. The van der Waals surface area contributed by atoms with Gasteiger partial charge in [-0.2, -0.15) is 0 Å². The van der Waals surface area contributed by atoms with Gasteiger partial charge < -0.3 is 20.0 Å². The van der Waals surface area contributed by atoms with Gasteiger partial charge in [0.25, 0.3) is 5.91 Å². The van der Waals surface area contributed by atoms with Crippen LogP contribution >= 0.6 is 15.9 Å². The molecule has 8 nitrogen and oxygen atoms in total. The zero-order valence-electron chi connectivity index (χ0n) is 20.6. The summed E-state index contributed by atoms with van der Waals surface area (Å²) in [5, 5.41) is 21.6. The van der Waals surface area contributed by atoms with Crippen molar-refractivity contribution >= 4 is 35.8 Å². The number of halogens is 1. The number of carbonyl (C=O) groups excluding carboxylic acids is 1. The number of hydrogen-bond acceptors (Lipinski definition) is 6. The molecule has 0 radical (unpaired) electrons. The predicted molar refractivity (Wildman–Crippen MR) is 142 cm³/mol. The molecular weight excluding hydrogens is 540 g/mol. The van der Waals surface area contributed by atoms with Crippen molar-refractivity contribution in [1.82, 2.24) is 15.0 Å². The van der Waals surface area contributed by atoms with Crippen molar-refractivity contribution in [2.45, 2.75) is 56.1 Å². The Bertz CT molecular complexity index is 1260. The second-order valence-corrected chi connectivity index (χ2v) is 15.2. The molecule has 3 N–H and O–H groups in total. The van der Waals surface area contributed by atoms with Gasteiger partial charge in [0.05, 0.1) is 24.3 Å². The second-order valence-electron chi connectivity index (χ2n) is 10.3. The number of ether oxygens (including phenoxy) is 1. The number of nitrogens with zero attached hydrogens (tertiary/aromatic N) is 3. The molecule has 1 unspecified atom stereocenters. The molecule has 0 bridgehead atoms. The highest BCUT2D eigenvalue weighted by molar-refractivity contribution is 9.10. The maximum atomic E-state index is 13.3. The largest absolute Gasteiger partial charge is 0.432 e. The third kappa shape index (κ3) is 4.24. The molecule has 2 aliphatic rings. The molecule has 36 heavy (non-hydrogen) atoms. The Hall–Kier alpha value is -2.37. The molecule has 190 valence electrons. The summed E-state index contributed by atoms with van der Waals surface area (Å²) in [5.74, 6) is -0.627. The highest BCUT2D eigenvalue weighted by Gasteiger charge is 2.64. The van der Waals surface area contributed by atoms with E-state index in [0.29, 0.717) is 18.7 Å². The maximum absolute atomic E-state index is 13.3. The van der Waals surface area contributed by atoms with Gasteiger partial charge >= 0.3 is 0 Å². The molecular formula is C26H31BrN4O4Si. The number of hydrogen-bond donors (Lipinski definition) is 3. The molecule has 0 saturated carbocycles. The molecule has 2 aliphatic heterocycles. The van der Waals surface area contributed by atoms with Crippen molar-refractivity contribution in [2.75, 3.05) is 11.9 Å². The number of aryl methyl sites for hydroxylation is 1. The van der Waals surface area contributed by atoms with E-state index in [0.717, 1.165) is 21.3 Å². The molecule has 1 fully saturated rings. The molecule has 1 aromatic heterocycles. The number of aliphatic hydroxyl groups excluding tert-OH is 1. The Morgan fingerprint density at radius 1 is 1.25 bits per heavy atom. The zero-order chi connectivity index (χ0) is 25.7. The third-order valence-electron chi connectivity index (χ3n) is 7.64. The molecule has 1 spiro atoms. The first-order valence-corrected chi connectivity index (χ1v) is 16.0. The summed E-state index contributed by atoms with van der Waals surface area (Å²) >= 11 is 3.53. The predicted octanol–water partition coefficient (Wildman–Crippen LogP) is 4.01. The summed E-state index contributed by atoms with van der Waals surface area (Å²) in [6.45, 7) is 6.30. The van der Waals surface area contributed by atoms with Crippen LogP contribution in [0.25, 0.3) is 0 Å². The van der Waals surface area contributed by atoms with Crippen LogP contribution in [-0.2, 0) is 21.7 Å². The number of anilines is 1. The second kappa shape index (κ2) is 9.49. The van der Waals surface area contributed by atoms with Gasteiger partial charge in [-0.15, -0.1) is 5.10 Å². The van der Waals surface area contributed by atoms with E-state index in [1.165, 1.54) is 0 Å². The van der Waals surface area contributed by atoms with Crippen molar-refractivity contribution < 1.29 is 19.4 Å². The van der Waals surface area contributed by atoms with Crippen LogP contribution in [0.4, 0.5) is 5.69 Å². The number of rotatable bonds is 7. The van der Waals surface area contributed by atoms with Crippen LogP contribution in [-0.4, -0.2) is 51.8 Å². The van der Waals surface area contributed by atoms with Crippen LogP contribution in [0.2, 0.25) is 18.6 Å². The zero-order valence-corrected chi connectivity index (χ0v) is 23.1. The fourth-order valence-electron chi connectivity index (χ4n) is 6.04. The van der Waals surface area contributed by atoms with Gasteiger partial charge in [-0.25, -0.2) is 0 Å². The Morgan fingerprint density at radius 3 is 2.69 bits per heavy atom. The Kier molecular flexibility index (Phi) is 6.67. The average Bonchev–Trinajstić information content (AvgIpc) is 3.50. The summed E-state index contributed by atoms with van der Waals surface area (Å²) in [6.07, 6.45) is 2.10. The standard InChI is InChI=1S/C26H31BrN4O4Si/c1-16-24(36(2,3)34)23(35-26(16)20-13-18(27)9-10-21(20)28-25(26)33)11-12-31-14-22(29-30-31)19(15-32)17-7-5-4-6-8-17/h4-10,13-14,16,19,23-24,32,34H,11-12,15H2,1-3H3,(H,28,33)/t16-,19?,23+,24-,26+/m0/s1. The monoisotopic (exact) mass is 570 g/mol. The third-order valence-corrected chi connectivity index (χ3v) is 10.6. The fraction of sp³-hybridized carbons (Fsp3) is 0.423. The van der Waals surface area contributed by atoms with Crippen molar-refractivity contribution in [3.63, 3.8) is 0 Å². The van der Waals surface area contributed by atoms with Crippen LogP contribution in [0.1, 0.15) is 36.1 Å². The lowest BCUT2D eigenvalue weighted by molar-refractivity contribution is -0.143. The van der Waals surface area contributed by atoms with Gasteiger partial charge in [-0.3, -0.25) is 9.48 Å².